The van der Waals surface area contributed by atoms with Gasteiger partial charge in [-0.2, -0.15) is 0 Å². The average Bonchev–Trinajstić information content (AvgIpc) is 2.96. The van der Waals surface area contributed by atoms with Crippen molar-refractivity contribution in [2.24, 2.45) is 0 Å². The predicted octanol–water partition coefficient (Wildman–Crippen LogP) is 3.79. The molecule has 1 aromatic carbocycles. The van der Waals surface area contributed by atoms with Crippen LogP contribution in [0.5, 0.6) is 0 Å². The van der Waals surface area contributed by atoms with Gasteiger partial charge in [0.1, 0.15) is 0 Å². The smallest absolute Gasteiger partial charge is 0.337 e. The molecule has 1 aromatic rings. The van der Waals surface area contributed by atoms with E-state index in [1.807, 2.05) is 12.1 Å². The maximum Gasteiger partial charge on any atom is 0.337 e. The van der Waals surface area contributed by atoms with E-state index in [9.17, 15) is 9.59 Å². The van der Waals surface area contributed by atoms with Gasteiger partial charge in [-0.05, 0) is 68.6 Å². The van der Waals surface area contributed by atoms with Crippen LogP contribution in [0, 0.1) is 0 Å². The predicted molar refractivity (Wildman–Crippen MR) is 99.2 cm³/mol. The van der Waals surface area contributed by atoms with E-state index in [0.717, 1.165) is 51.6 Å². The van der Waals surface area contributed by atoms with Gasteiger partial charge in [0.25, 0.3) is 0 Å². The van der Waals surface area contributed by atoms with Gasteiger partial charge in [-0.15, -0.1) is 0 Å². The Morgan fingerprint density at radius 1 is 0.962 bits per heavy atom. The van der Waals surface area contributed by atoms with Gasteiger partial charge in [-0.1, -0.05) is 12.1 Å². The molecule has 5 heteroatoms. The molecule has 0 N–H and O–H groups in total. The molecular formula is C21H28N2O3. The molecular weight excluding hydrogens is 328 g/mol. The molecule has 0 aromatic heterocycles. The van der Waals surface area contributed by atoms with E-state index in [0.29, 0.717) is 23.6 Å². The fourth-order valence-corrected chi connectivity index (χ4v) is 5.02. The Morgan fingerprint density at radius 2 is 1.58 bits per heavy atom. The van der Waals surface area contributed by atoms with E-state index in [2.05, 4.69) is 21.9 Å². The van der Waals surface area contributed by atoms with Crippen LogP contribution in [0.1, 0.15) is 66.8 Å². The molecule has 140 valence electrons. The lowest BCUT2D eigenvalue weighted by Gasteiger charge is -2.42. The fourth-order valence-electron chi connectivity index (χ4n) is 5.02. The van der Waals surface area contributed by atoms with Crippen molar-refractivity contribution in [2.45, 2.75) is 62.9 Å². The van der Waals surface area contributed by atoms with E-state index in [1.54, 1.807) is 0 Å². The summed E-state index contributed by atoms with van der Waals surface area (Å²) >= 11 is 0. The summed E-state index contributed by atoms with van der Waals surface area (Å²) in [6, 6.07) is 8.83. The van der Waals surface area contributed by atoms with Crippen molar-refractivity contribution < 1.29 is 14.3 Å². The third-order valence-corrected chi connectivity index (χ3v) is 6.38. The molecule has 0 radical (unpaired) electrons. The summed E-state index contributed by atoms with van der Waals surface area (Å²) in [5.74, 6) is 0.183. The van der Waals surface area contributed by atoms with Crippen LogP contribution < -0.4 is 0 Å². The molecule has 0 saturated carbocycles. The van der Waals surface area contributed by atoms with Crippen LogP contribution in [-0.4, -0.2) is 54.1 Å². The van der Waals surface area contributed by atoms with Crippen molar-refractivity contribution in [3.8, 4) is 0 Å². The van der Waals surface area contributed by atoms with Crippen LogP contribution in [0.4, 0.5) is 4.79 Å². The average molecular weight is 356 g/mol. The molecule has 2 bridgehead atoms. The number of piperidine rings is 2. The highest BCUT2D eigenvalue weighted by Gasteiger charge is 2.44. The van der Waals surface area contributed by atoms with Crippen LogP contribution in [0.25, 0.3) is 0 Å². The summed E-state index contributed by atoms with van der Waals surface area (Å²) in [5.41, 5.74) is 1.87. The van der Waals surface area contributed by atoms with Gasteiger partial charge in [0, 0.05) is 25.2 Å². The number of benzene rings is 1. The third-order valence-electron chi connectivity index (χ3n) is 6.38. The maximum atomic E-state index is 13.0. The first-order chi connectivity index (χ1) is 12.7. The second-order valence-electron chi connectivity index (χ2n) is 7.90. The fraction of sp³-hybridized carbons (Fsp3) is 0.619. The van der Waals surface area contributed by atoms with Gasteiger partial charge >= 0.3 is 12.0 Å². The van der Waals surface area contributed by atoms with Gasteiger partial charge in [0.15, 0.2) is 0 Å². The molecule has 2 amide bonds. The minimum Gasteiger partial charge on any atom is -0.465 e. The summed E-state index contributed by atoms with van der Waals surface area (Å²) < 4.78 is 4.78. The standard InChI is InChI=1S/C21H28N2O3/c1-26-20(24)16-7-5-15(6-8-16)17-13-18-9-10-19(14-17)23(18)21(25)22-11-3-2-4-12-22/h5-8,17-19H,2-4,9-14H2,1H3/t17-,18+,19-. The Hall–Kier alpha value is -2.04. The molecule has 3 atom stereocenters. The summed E-state index contributed by atoms with van der Waals surface area (Å²) in [6.07, 6.45) is 7.86. The molecule has 3 saturated heterocycles. The zero-order valence-electron chi connectivity index (χ0n) is 15.5. The molecule has 0 spiro atoms. The second-order valence-corrected chi connectivity index (χ2v) is 7.90. The SMILES string of the molecule is COC(=O)c1ccc([C@H]2C[C@H]3CC[C@@H](C2)N3C(=O)N2CCCCC2)cc1. The number of ether oxygens (including phenoxy) is 1. The highest BCUT2D eigenvalue weighted by Crippen LogP contribution is 2.43. The molecule has 0 unspecified atom stereocenters. The monoisotopic (exact) mass is 356 g/mol. The Balaban J connectivity index is 1.44. The molecule has 0 aliphatic carbocycles. The summed E-state index contributed by atoms with van der Waals surface area (Å²) in [7, 11) is 1.41. The summed E-state index contributed by atoms with van der Waals surface area (Å²) in [6.45, 7) is 1.85. The zero-order chi connectivity index (χ0) is 18.1. The number of hydrogen-bond acceptors (Lipinski definition) is 3. The van der Waals surface area contributed by atoms with Crippen LogP contribution >= 0.6 is 0 Å². The van der Waals surface area contributed by atoms with Crippen molar-refractivity contribution in [1.82, 2.24) is 9.80 Å². The lowest BCUT2D eigenvalue weighted by molar-refractivity contribution is 0.0600. The number of nitrogens with zero attached hydrogens (tertiary/aromatic N) is 2. The summed E-state index contributed by atoms with van der Waals surface area (Å²) in [5, 5.41) is 0. The molecule has 3 aliphatic rings. The number of fused-ring (bicyclic) bond motifs is 2. The van der Waals surface area contributed by atoms with Crippen molar-refractivity contribution >= 4 is 12.0 Å². The second kappa shape index (κ2) is 7.29. The van der Waals surface area contributed by atoms with Gasteiger partial charge in [-0.25, -0.2) is 9.59 Å². The van der Waals surface area contributed by atoms with Crippen molar-refractivity contribution in [2.75, 3.05) is 20.2 Å². The molecule has 3 heterocycles. The van der Waals surface area contributed by atoms with Crippen molar-refractivity contribution in [3.05, 3.63) is 35.4 Å². The first-order valence-corrected chi connectivity index (χ1v) is 9.93. The minimum atomic E-state index is -0.293. The van der Waals surface area contributed by atoms with E-state index in [1.165, 1.54) is 19.1 Å². The minimum absolute atomic E-state index is 0.275. The van der Waals surface area contributed by atoms with E-state index >= 15 is 0 Å². The molecule has 26 heavy (non-hydrogen) atoms. The largest absolute Gasteiger partial charge is 0.465 e. The van der Waals surface area contributed by atoms with Crippen LogP contribution in [0.3, 0.4) is 0 Å². The van der Waals surface area contributed by atoms with Crippen molar-refractivity contribution in [3.63, 3.8) is 0 Å². The number of urea groups is 1. The lowest BCUT2D eigenvalue weighted by atomic mass is 9.85. The summed E-state index contributed by atoms with van der Waals surface area (Å²) in [4.78, 5) is 28.9. The zero-order valence-corrected chi connectivity index (χ0v) is 15.5. The van der Waals surface area contributed by atoms with E-state index in [-0.39, 0.29) is 12.0 Å². The number of likely N-dealkylation sites (tertiary alicyclic amines) is 1. The topological polar surface area (TPSA) is 49.9 Å². The molecule has 5 nitrogen and oxygen atoms in total. The van der Waals surface area contributed by atoms with Crippen LogP contribution in [-0.2, 0) is 4.74 Å². The Morgan fingerprint density at radius 3 is 2.15 bits per heavy atom. The van der Waals surface area contributed by atoms with Gasteiger partial charge < -0.3 is 14.5 Å². The number of carbonyl (C=O) groups excluding carboxylic acids is 2. The van der Waals surface area contributed by atoms with Gasteiger partial charge in [0.05, 0.1) is 12.7 Å². The van der Waals surface area contributed by atoms with Crippen LogP contribution in [0.15, 0.2) is 24.3 Å². The normalized spacial score (nSPS) is 28.1. The Bertz CT molecular complexity index is 652. The third kappa shape index (κ3) is 3.19. The molecule has 3 fully saturated rings. The van der Waals surface area contributed by atoms with Crippen molar-refractivity contribution in [1.29, 1.82) is 0 Å². The lowest BCUT2D eigenvalue weighted by Crippen LogP contribution is -2.53. The Kier molecular flexibility index (Phi) is 4.88. The van der Waals surface area contributed by atoms with E-state index < -0.39 is 0 Å². The highest BCUT2D eigenvalue weighted by atomic mass is 16.5. The number of amides is 2. The molecule has 4 rings (SSSR count). The quantitative estimate of drug-likeness (QED) is 0.758. The first kappa shape index (κ1) is 17.4. The van der Waals surface area contributed by atoms with Crippen LogP contribution in [0.2, 0.25) is 0 Å². The number of rotatable bonds is 2. The van der Waals surface area contributed by atoms with Gasteiger partial charge in [0.2, 0.25) is 0 Å². The Labute approximate surface area is 155 Å². The number of esters is 1. The number of methoxy groups -OCH3 is 1. The van der Waals surface area contributed by atoms with Gasteiger partial charge in [-0.3, -0.25) is 0 Å². The number of hydrogen-bond donors (Lipinski definition) is 0. The highest BCUT2D eigenvalue weighted by molar-refractivity contribution is 5.89. The first-order valence-electron chi connectivity index (χ1n) is 9.93. The maximum absolute atomic E-state index is 13.0. The number of carbonyl (C=O) groups is 2. The molecule has 3 aliphatic heterocycles. The van der Waals surface area contributed by atoms with E-state index in [4.69, 9.17) is 4.74 Å².